The van der Waals surface area contributed by atoms with E-state index in [0.717, 1.165) is 31.2 Å². The lowest BCUT2D eigenvalue weighted by molar-refractivity contribution is -0.144. The third-order valence-electron chi connectivity index (χ3n) is 6.93. The van der Waals surface area contributed by atoms with Crippen molar-refractivity contribution in [2.24, 2.45) is 0 Å². The van der Waals surface area contributed by atoms with Crippen LogP contribution in [0.4, 0.5) is 0 Å². The number of fused-ring (bicyclic) bond motifs is 1. The summed E-state index contributed by atoms with van der Waals surface area (Å²) in [5.41, 5.74) is 1.48. The maximum atomic E-state index is 13.6. The zero-order valence-electron chi connectivity index (χ0n) is 19.7. The van der Waals surface area contributed by atoms with Gasteiger partial charge in [-0.05, 0) is 45.2 Å². The molecule has 2 saturated heterocycles. The molecular formula is C24H33N7O3. The Labute approximate surface area is 199 Å². The molecule has 1 aromatic heterocycles. The molecule has 0 saturated carbocycles. The molecule has 3 heterocycles. The van der Waals surface area contributed by atoms with E-state index in [4.69, 9.17) is 0 Å². The molecule has 10 nitrogen and oxygen atoms in total. The Morgan fingerprint density at radius 3 is 2.59 bits per heavy atom. The second-order valence-electron chi connectivity index (χ2n) is 9.10. The van der Waals surface area contributed by atoms with E-state index < -0.39 is 24.2 Å². The van der Waals surface area contributed by atoms with Crippen LogP contribution in [0.2, 0.25) is 0 Å². The van der Waals surface area contributed by atoms with Crippen LogP contribution in [-0.2, 0) is 14.4 Å². The van der Waals surface area contributed by atoms with Crippen molar-refractivity contribution >= 4 is 17.7 Å². The highest BCUT2D eigenvalue weighted by Gasteiger charge is 2.44. The van der Waals surface area contributed by atoms with Gasteiger partial charge >= 0.3 is 0 Å². The number of H-pyrrole nitrogens is 1. The van der Waals surface area contributed by atoms with Gasteiger partial charge in [-0.15, -0.1) is 0 Å². The van der Waals surface area contributed by atoms with Gasteiger partial charge < -0.3 is 20.9 Å². The number of likely N-dealkylation sites (N-methyl/N-ethyl adjacent to an activating group) is 1. The molecule has 2 aliphatic heterocycles. The minimum absolute atomic E-state index is 0.00639. The lowest BCUT2D eigenvalue weighted by Gasteiger charge is -2.36. The number of hydrogen-bond acceptors (Lipinski definition) is 6. The number of benzene rings is 1. The highest BCUT2D eigenvalue weighted by Crippen LogP contribution is 2.32. The molecule has 182 valence electrons. The van der Waals surface area contributed by atoms with Crippen LogP contribution >= 0.6 is 0 Å². The smallest absolute Gasteiger partial charge is 0.246 e. The number of aromatic amines is 1. The van der Waals surface area contributed by atoms with E-state index in [9.17, 15) is 14.4 Å². The number of nitrogens with zero attached hydrogens (tertiary/aromatic N) is 3. The number of amides is 3. The minimum Gasteiger partial charge on any atom is -0.343 e. The van der Waals surface area contributed by atoms with Gasteiger partial charge in [-0.2, -0.15) is 15.4 Å². The van der Waals surface area contributed by atoms with Crippen LogP contribution in [-0.4, -0.2) is 69.2 Å². The average molecular weight is 468 g/mol. The fraction of sp³-hybridized carbons (Fsp3) is 0.542. The largest absolute Gasteiger partial charge is 0.343 e. The van der Waals surface area contributed by atoms with Crippen molar-refractivity contribution in [3.8, 4) is 0 Å². The summed E-state index contributed by atoms with van der Waals surface area (Å²) in [6.07, 6.45) is 6.23. The summed E-state index contributed by atoms with van der Waals surface area (Å²) < 4.78 is 0. The summed E-state index contributed by atoms with van der Waals surface area (Å²) in [6, 6.07) is 7.48. The summed E-state index contributed by atoms with van der Waals surface area (Å²) in [4.78, 5) is 41.4. The molecule has 5 atom stereocenters. The van der Waals surface area contributed by atoms with Crippen molar-refractivity contribution in [3.05, 3.63) is 47.8 Å². The van der Waals surface area contributed by atoms with E-state index in [0.29, 0.717) is 18.5 Å². The molecule has 4 rings (SSSR count). The van der Waals surface area contributed by atoms with Gasteiger partial charge in [0, 0.05) is 6.04 Å². The molecule has 1 aromatic carbocycles. The summed E-state index contributed by atoms with van der Waals surface area (Å²) in [7, 11) is 1.71. The minimum atomic E-state index is -0.625. The van der Waals surface area contributed by atoms with Gasteiger partial charge in [0.1, 0.15) is 17.8 Å². The first kappa shape index (κ1) is 23.9. The molecule has 2 aromatic rings. The summed E-state index contributed by atoms with van der Waals surface area (Å²) in [5, 5.41) is 19.6. The van der Waals surface area contributed by atoms with E-state index in [1.807, 2.05) is 30.3 Å². The predicted octanol–water partition coefficient (Wildman–Crippen LogP) is 1.04. The van der Waals surface area contributed by atoms with Gasteiger partial charge in [-0.3, -0.25) is 14.4 Å². The Balaban J connectivity index is 1.54. The molecule has 4 N–H and O–H groups in total. The molecule has 10 heteroatoms. The van der Waals surface area contributed by atoms with Crippen molar-refractivity contribution < 1.29 is 14.4 Å². The van der Waals surface area contributed by atoms with Gasteiger partial charge in [0.25, 0.3) is 0 Å². The van der Waals surface area contributed by atoms with E-state index in [-0.39, 0.29) is 23.8 Å². The molecule has 0 radical (unpaired) electrons. The lowest BCUT2D eigenvalue weighted by atomic mass is 9.98. The quantitative estimate of drug-likeness (QED) is 0.481. The van der Waals surface area contributed by atoms with Crippen molar-refractivity contribution in [2.45, 2.75) is 75.7 Å². The maximum Gasteiger partial charge on any atom is 0.246 e. The van der Waals surface area contributed by atoms with Crippen molar-refractivity contribution in [1.29, 1.82) is 0 Å². The number of carbonyl (C=O) groups excluding carboxylic acids is 3. The van der Waals surface area contributed by atoms with E-state index in [1.165, 1.54) is 0 Å². The fourth-order valence-electron chi connectivity index (χ4n) is 4.91. The van der Waals surface area contributed by atoms with Crippen LogP contribution in [0, 0.1) is 0 Å². The van der Waals surface area contributed by atoms with Gasteiger partial charge in [0.15, 0.2) is 0 Å². The standard InChI is InChI=1S/C24H33N7O3/c1-15(25-2)22(32)27-18-11-7-6-10-17-12-13-20(31(17)24(18)34)23(33)28-21(19-14-26-30-29-19)16-8-4-3-5-9-16/h3-5,8-9,14-15,17-18,20-21,25H,6-7,10-13H2,1-2H3,(H,27,32)(H,28,33)(H,26,29,30)/t15-,17-,18-,20-,21-/m0/s1. The van der Waals surface area contributed by atoms with Crippen LogP contribution in [0.1, 0.15) is 62.7 Å². The van der Waals surface area contributed by atoms with Crippen LogP contribution in [0.5, 0.6) is 0 Å². The monoisotopic (exact) mass is 467 g/mol. The zero-order valence-corrected chi connectivity index (χ0v) is 19.7. The zero-order chi connectivity index (χ0) is 24.1. The Morgan fingerprint density at radius 1 is 1.12 bits per heavy atom. The molecule has 3 amide bonds. The van der Waals surface area contributed by atoms with E-state index >= 15 is 0 Å². The molecule has 2 fully saturated rings. The normalized spacial score (nSPS) is 24.5. The van der Waals surface area contributed by atoms with Crippen molar-refractivity contribution in [1.82, 2.24) is 36.3 Å². The molecular weight excluding hydrogens is 434 g/mol. The van der Waals surface area contributed by atoms with Gasteiger partial charge in [-0.1, -0.05) is 43.2 Å². The first-order chi connectivity index (χ1) is 16.5. The fourth-order valence-corrected chi connectivity index (χ4v) is 4.91. The molecule has 2 aliphatic rings. The third kappa shape index (κ3) is 5.11. The van der Waals surface area contributed by atoms with Crippen LogP contribution in [0.3, 0.4) is 0 Å². The van der Waals surface area contributed by atoms with E-state index in [2.05, 4.69) is 31.4 Å². The van der Waals surface area contributed by atoms with Crippen molar-refractivity contribution in [2.75, 3.05) is 7.05 Å². The Bertz CT molecular complexity index is 982. The Kier molecular flexibility index (Phi) is 7.56. The number of carbonyl (C=O) groups is 3. The molecule has 0 spiro atoms. The Hall–Kier alpha value is -3.27. The van der Waals surface area contributed by atoms with Gasteiger partial charge in [0.2, 0.25) is 17.7 Å². The SMILES string of the molecule is CN[C@@H](C)C(=O)N[C@H]1CCCC[C@H]2CC[C@@H](C(=O)N[C@@H](c3ccccc3)c3cn[nH]n3)N2C1=O. The van der Waals surface area contributed by atoms with E-state index in [1.54, 1.807) is 25.1 Å². The number of aromatic nitrogens is 3. The number of hydrogen-bond donors (Lipinski definition) is 4. The van der Waals surface area contributed by atoms with Crippen LogP contribution in [0.25, 0.3) is 0 Å². The first-order valence-corrected chi connectivity index (χ1v) is 12.0. The summed E-state index contributed by atoms with van der Waals surface area (Å²) in [6.45, 7) is 1.76. The third-order valence-corrected chi connectivity index (χ3v) is 6.93. The van der Waals surface area contributed by atoms with Gasteiger partial charge in [0.05, 0.1) is 18.3 Å². The highest BCUT2D eigenvalue weighted by atomic mass is 16.2. The topological polar surface area (TPSA) is 132 Å². The molecule has 0 unspecified atom stereocenters. The molecule has 0 bridgehead atoms. The summed E-state index contributed by atoms with van der Waals surface area (Å²) >= 11 is 0. The molecule has 34 heavy (non-hydrogen) atoms. The number of rotatable bonds is 7. The highest BCUT2D eigenvalue weighted by molar-refractivity contribution is 5.94. The summed E-state index contributed by atoms with van der Waals surface area (Å²) in [5.74, 6) is -0.605. The first-order valence-electron chi connectivity index (χ1n) is 12.0. The lowest BCUT2D eigenvalue weighted by Crippen LogP contribution is -2.58. The van der Waals surface area contributed by atoms with Gasteiger partial charge in [-0.25, -0.2) is 0 Å². The maximum absolute atomic E-state index is 13.6. The van der Waals surface area contributed by atoms with Crippen LogP contribution < -0.4 is 16.0 Å². The van der Waals surface area contributed by atoms with Crippen molar-refractivity contribution in [3.63, 3.8) is 0 Å². The number of nitrogens with one attached hydrogen (secondary N) is 4. The van der Waals surface area contributed by atoms with Crippen LogP contribution in [0.15, 0.2) is 36.5 Å². The molecule has 0 aliphatic carbocycles. The predicted molar refractivity (Wildman–Crippen MR) is 125 cm³/mol. The second kappa shape index (κ2) is 10.8. The Morgan fingerprint density at radius 2 is 1.88 bits per heavy atom. The average Bonchev–Trinajstić information content (AvgIpc) is 3.53. The second-order valence-corrected chi connectivity index (χ2v) is 9.10.